The molecule has 1 aliphatic heterocycles. The minimum absolute atomic E-state index is 0.00784. The lowest BCUT2D eigenvalue weighted by molar-refractivity contribution is 0.102. The van der Waals surface area contributed by atoms with E-state index in [9.17, 15) is 0 Å². The Kier molecular flexibility index (Phi) is 4.13. The molecule has 1 N–H and O–H groups in total. The van der Waals surface area contributed by atoms with Crippen molar-refractivity contribution in [2.45, 2.75) is 46.8 Å². The van der Waals surface area contributed by atoms with Crippen molar-refractivity contribution in [2.75, 3.05) is 13.1 Å². The number of nitrogens with zero attached hydrogens (tertiary/aromatic N) is 1. The first-order valence-electron chi connectivity index (χ1n) is 6.90. The summed E-state index contributed by atoms with van der Waals surface area (Å²) < 4.78 is 5.54. The van der Waals surface area contributed by atoms with Crippen molar-refractivity contribution >= 4 is 0 Å². The van der Waals surface area contributed by atoms with Crippen LogP contribution in [0.1, 0.15) is 45.1 Å². The minimum atomic E-state index is -0.00784. The van der Waals surface area contributed by atoms with Crippen LogP contribution in [0.5, 0.6) is 0 Å². The predicted octanol–water partition coefficient (Wildman–Crippen LogP) is 3.03. The SMILES string of the molecule is CC(C)(C)C1CCN(Cc2ccc(CO)o2)CC1. The number of piperidine rings is 1. The summed E-state index contributed by atoms with van der Waals surface area (Å²) >= 11 is 0. The standard InChI is InChI=1S/C15H25NO2/c1-15(2,3)12-6-8-16(9-7-12)10-13-4-5-14(11-17)18-13/h4-5,12,17H,6-11H2,1-3H3. The fourth-order valence-corrected chi connectivity index (χ4v) is 2.77. The van der Waals surface area contributed by atoms with Crippen molar-refractivity contribution in [3.8, 4) is 0 Å². The summed E-state index contributed by atoms with van der Waals surface area (Å²) in [6, 6.07) is 3.83. The lowest BCUT2D eigenvalue weighted by Gasteiger charge is -2.38. The predicted molar refractivity (Wildman–Crippen MR) is 72.1 cm³/mol. The molecule has 2 rings (SSSR count). The first-order valence-corrected chi connectivity index (χ1v) is 6.90. The molecule has 0 amide bonds. The molecule has 1 saturated heterocycles. The zero-order valence-electron chi connectivity index (χ0n) is 11.8. The molecule has 0 aliphatic carbocycles. The number of furan rings is 1. The smallest absolute Gasteiger partial charge is 0.129 e. The van der Waals surface area contributed by atoms with Gasteiger partial charge in [-0.25, -0.2) is 0 Å². The van der Waals surface area contributed by atoms with E-state index in [0.717, 1.165) is 31.3 Å². The Morgan fingerprint density at radius 2 is 1.83 bits per heavy atom. The van der Waals surface area contributed by atoms with Crippen LogP contribution in [0.15, 0.2) is 16.5 Å². The fourth-order valence-electron chi connectivity index (χ4n) is 2.77. The summed E-state index contributed by atoms with van der Waals surface area (Å²) in [5, 5.41) is 8.97. The third-order valence-corrected chi connectivity index (χ3v) is 4.06. The molecular weight excluding hydrogens is 226 g/mol. The topological polar surface area (TPSA) is 36.6 Å². The molecule has 2 heterocycles. The summed E-state index contributed by atoms with van der Waals surface area (Å²) in [6.07, 6.45) is 2.55. The number of aliphatic hydroxyl groups is 1. The third kappa shape index (κ3) is 3.36. The van der Waals surface area contributed by atoms with Crippen molar-refractivity contribution in [1.82, 2.24) is 4.90 Å². The number of hydrogen-bond acceptors (Lipinski definition) is 3. The number of aliphatic hydroxyl groups excluding tert-OH is 1. The summed E-state index contributed by atoms with van der Waals surface area (Å²) in [5.74, 6) is 2.46. The molecule has 1 aromatic heterocycles. The minimum Gasteiger partial charge on any atom is -0.462 e. The second-order valence-corrected chi connectivity index (χ2v) is 6.44. The molecule has 3 heteroatoms. The van der Waals surface area contributed by atoms with Gasteiger partial charge >= 0.3 is 0 Å². The zero-order valence-corrected chi connectivity index (χ0v) is 11.8. The van der Waals surface area contributed by atoms with Crippen molar-refractivity contribution in [2.24, 2.45) is 11.3 Å². The van der Waals surface area contributed by atoms with E-state index < -0.39 is 0 Å². The van der Waals surface area contributed by atoms with Crippen molar-refractivity contribution < 1.29 is 9.52 Å². The van der Waals surface area contributed by atoms with Crippen molar-refractivity contribution in [3.63, 3.8) is 0 Å². The van der Waals surface area contributed by atoms with Gasteiger partial charge in [-0.05, 0) is 49.4 Å². The van der Waals surface area contributed by atoms with Crippen molar-refractivity contribution in [1.29, 1.82) is 0 Å². The van der Waals surface area contributed by atoms with Gasteiger partial charge in [-0.3, -0.25) is 4.90 Å². The highest BCUT2D eigenvalue weighted by atomic mass is 16.4. The molecule has 0 unspecified atom stereocenters. The van der Waals surface area contributed by atoms with E-state index in [-0.39, 0.29) is 6.61 Å². The van der Waals surface area contributed by atoms with Crippen LogP contribution in [0.2, 0.25) is 0 Å². The first-order chi connectivity index (χ1) is 8.49. The van der Waals surface area contributed by atoms with Crippen LogP contribution < -0.4 is 0 Å². The molecule has 0 radical (unpaired) electrons. The van der Waals surface area contributed by atoms with E-state index in [1.165, 1.54) is 12.8 Å². The zero-order chi connectivity index (χ0) is 13.2. The average Bonchev–Trinajstić information content (AvgIpc) is 2.76. The summed E-state index contributed by atoms with van der Waals surface area (Å²) in [4.78, 5) is 2.45. The van der Waals surface area contributed by atoms with Crippen LogP contribution in [0.25, 0.3) is 0 Å². The van der Waals surface area contributed by atoms with Gasteiger partial charge in [0.1, 0.15) is 18.1 Å². The molecule has 18 heavy (non-hydrogen) atoms. The van der Waals surface area contributed by atoms with Crippen LogP contribution in [0.4, 0.5) is 0 Å². The molecule has 1 aromatic rings. The maximum Gasteiger partial charge on any atom is 0.129 e. The second-order valence-electron chi connectivity index (χ2n) is 6.44. The Morgan fingerprint density at radius 3 is 2.33 bits per heavy atom. The van der Waals surface area contributed by atoms with Gasteiger partial charge in [0.2, 0.25) is 0 Å². The highest BCUT2D eigenvalue weighted by Crippen LogP contribution is 2.34. The Bertz CT molecular complexity index is 370. The van der Waals surface area contributed by atoms with Crippen LogP contribution in [-0.2, 0) is 13.2 Å². The van der Waals surface area contributed by atoms with Gasteiger partial charge in [-0.1, -0.05) is 20.8 Å². The van der Waals surface area contributed by atoms with E-state index in [0.29, 0.717) is 11.2 Å². The summed E-state index contributed by atoms with van der Waals surface area (Å²) in [5.41, 5.74) is 0.431. The monoisotopic (exact) mass is 251 g/mol. The largest absolute Gasteiger partial charge is 0.462 e. The van der Waals surface area contributed by atoms with Gasteiger partial charge in [0, 0.05) is 0 Å². The van der Waals surface area contributed by atoms with E-state index in [2.05, 4.69) is 25.7 Å². The van der Waals surface area contributed by atoms with Gasteiger partial charge in [0.25, 0.3) is 0 Å². The molecule has 102 valence electrons. The fraction of sp³-hybridized carbons (Fsp3) is 0.733. The van der Waals surface area contributed by atoms with Crippen LogP contribution in [0, 0.1) is 11.3 Å². The summed E-state index contributed by atoms with van der Waals surface area (Å²) in [6.45, 7) is 10.2. The van der Waals surface area contributed by atoms with E-state index in [1.54, 1.807) is 0 Å². The number of rotatable bonds is 3. The average molecular weight is 251 g/mol. The first kappa shape index (κ1) is 13.6. The van der Waals surface area contributed by atoms with E-state index in [1.807, 2.05) is 12.1 Å². The van der Waals surface area contributed by atoms with Crippen LogP contribution in [0.3, 0.4) is 0 Å². The van der Waals surface area contributed by atoms with Gasteiger partial charge < -0.3 is 9.52 Å². The highest BCUT2D eigenvalue weighted by Gasteiger charge is 2.28. The Hall–Kier alpha value is -0.800. The van der Waals surface area contributed by atoms with Gasteiger partial charge in [0.15, 0.2) is 0 Å². The van der Waals surface area contributed by atoms with E-state index >= 15 is 0 Å². The lowest BCUT2D eigenvalue weighted by Crippen LogP contribution is -2.37. The Labute approximate surface area is 110 Å². The maximum atomic E-state index is 8.97. The van der Waals surface area contributed by atoms with Gasteiger partial charge in [0.05, 0.1) is 6.54 Å². The maximum absolute atomic E-state index is 8.97. The number of likely N-dealkylation sites (tertiary alicyclic amines) is 1. The highest BCUT2D eigenvalue weighted by molar-refractivity contribution is 5.06. The molecule has 0 aromatic carbocycles. The second kappa shape index (κ2) is 5.45. The molecule has 1 fully saturated rings. The molecule has 1 aliphatic rings. The van der Waals surface area contributed by atoms with E-state index in [4.69, 9.17) is 9.52 Å². The van der Waals surface area contributed by atoms with Crippen LogP contribution in [-0.4, -0.2) is 23.1 Å². The molecular formula is C15H25NO2. The Morgan fingerprint density at radius 1 is 1.22 bits per heavy atom. The van der Waals surface area contributed by atoms with Crippen molar-refractivity contribution in [3.05, 3.63) is 23.7 Å². The summed E-state index contributed by atoms with van der Waals surface area (Å²) in [7, 11) is 0. The molecule has 0 bridgehead atoms. The molecule has 3 nitrogen and oxygen atoms in total. The normalized spacial score (nSPS) is 19.3. The Balaban J connectivity index is 1.83. The van der Waals surface area contributed by atoms with Gasteiger partial charge in [-0.15, -0.1) is 0 Å². The van der Waals surface area contributed by atoms with Gasteiger partial charge in [-0.2, -0.15) is 0 Å². The third-order valence-electron chi connectivity index (χ3n) is 4.06. The molecule has 0 atom stereocenters. The van der Waals surface area contributed by atoms with Crippen LogP contribution >= 0.6 is 0 Å². The quantitative estimate of drug-likeness (QED) is 0.897. The molecule has 0 spiro atoms. The number of hydrogen-bond donors (Lipinski definition) is 1. The lowest BCUT2D eigenvalue weighted by atomic mass is 9.75. The molecule has 0 saturated carbocycles.